The lowest BCUT2D eigenvalue weighted by molar-refractivity contribution is -0.930. The van der Waals surface area contributed by atoms with E-state index in [1.54, 1.807) is 16.8 Å². The Morgan fingerprint density at radius 1 is 1.09 bits per heavy atom. The van der Waals surface area contributed by atoms with Crippen molar-refractivity contribution in [3.8, 4) is 0 Å². The SMILES string of the molecule is CN1C(=O)C(=Cc2cccc(Cl)c2)Sc2ccc(C(=O)N3CC[NH+](C4CCCCC4)CC3)cc21. The van der Waals surface area contributed by atoms with Crippen LogP contribution in [0.3, 0.4) is 0 Å². The number of rotatable bonds is 3. The monoisotopic (exact) mass is 496 g/mol. The van der Waals surface area contributed by atoms with Crippen LogP contribution in [-0.4, -0.2) is 56.0 Å². The largest absolute Gasteiger partial charge is 0.330 e. The van der Waals surface area contributed by atoms with Gasteiger partial charge in [-0.2, -0.15) is 0 Å². The number of nitrogens with zero attached hydrogens (tertiary/aromatic N) is 2. The maximum atomic E-state index is 13.3. The van der Waals surface area contributed by atoms with Crippen molar-refractivity contribution in [1.29, 1.82) is 0 Å². The van der Waals surface area contributed by atoms with Crippen LogP contribution in [0.5, 0.6) is 0 Å². The fourth-order valence-corrected chi connectivity index (χ4v) is 6.66. The molecule has 2 amide bonds. The zero-order valence-electron chi connectivity index (χ0n) is 19.6. The van der Waals surface area contributed by atoms with Crippen molar-refractivity contribution in [3.63, 3.8) is 0 Å². The molecule has 1 saturated heterocycles. The van der Waals surface area contributed by atoms with Crippen molar-refractivity contribution in [1.82, 2.24) is 4.90 Å². The second-order valence-corrected chi connectivity index (χ2v) is 11.0. The van der Waals surface area contributed by atoms with Gasteiger partial charge in [0.1, 0.15) is 0 Å². The van der Waals surface area contributed by atoms with E-state index in [4.69, 9.17) is 11.6 Å². The van der Waals surface area contributed by atoms with E-state index in [0.717, 1.165) is 48.4 Å². The van der Waals surface area contributed by atoms with Gasteiger partial charge in [0.15, 0.2) is 0 Å². The van der Waals surface area contributed by atoms with E-state index in [0.29, 0.717) is 15.5 Å². The molecule has 34 heavy (non-hydrogen) atoms. The molecule has 0 unspecified atom stereocenters. The molecule has 0 aromatic heterocycles. The smallest absolute Gasteiger partial charge is 0.264 e. The van der Waals surface area contributed by atoms with Gasteiger partial charge < -0.3 is 14.7 Å². The molecule has 178 valence electrons. The first-order chi connectivity index (χ1) is 16.5. The lowest BCUT2D eigenvalue weighted by Crippen LogP contribution is -3.18. The molecule has 0 radical (unpaired) electrons. The molecule has 2 fully saturated rings. The molecular weight excluding hydrogens is 466 g/mol. The fraction of sp³-hybridized carbons (Fsp3) is 0.407. The van der Waals surface area contributed by atoms with Crippen molar-refractivity contribution in [2.24, 2.45) is 0 Å². The first-order valence-electron chi connectivity index (χ1n) is 12.2. The number of thioether (sulfide) groups is 1. The molecule has 1 N–H and O–H groups in total. The minimum absolute atomic E-state index is 0.0663. The quantitative estimate of drug-likeness (QED) is 0.650. The minimum atomic E-state index is -0.0771. The number of hydrogen-bond acceptors (Lipinski definition) is 3. The second kappa shape index (κ2) is 10.1. The van der Waals surface area contributed by atoms with Crippen LogP contribution >= 0.6 is 23.4 Å². The van der Waals surface area contributed by atoms with E-state index >= 15 is 0 Å². The average molecular weight is 497 g/mol. The van der Waals surface area contributed by atoms with Crippen LogP contribution in [0.25, 0.3) is 6.08 Å². The number of fused-ring (bicyclic) bond motifs is 1. The summed E-state index contributed by atoms with van der Waals surface area (Å²) in [6.07, 6.45) is 8.61. The van der Waals surface area contributed by atoms with Gasteiger partial charge in [-0.15, -0.1) is 0 Å². The van der Waals surface area contributed by atoms with Crippen LogP contribution in [0, 0.1) is 0 Å². The molecule has 2 aliphatic heterocycles. The molecule has 1 saturated carbocycles. The Kier molecular flexibility index (Phi) is 7.00. The number of halogens is 1. The van der Waals surface area contributed by atoms with Gasteiger partial charge >= 0.3 is 0 Å². The number of carbonyl (C=O) groups excluding carboxylic acids is 2. The van der Waals surface area contributed by atoms with Crippen molar-refractivity contribution in [3.05, 3.63) is 63.5 Å². The Morgan fingerprint density at radius 2 is 1.85 bits per heavy atom. The van der Waals surface area contributed by atoms with Crippen molar-refractivity contribution >= 4 is 46.9 Å². The third-order valence-corrected chi connectivity index (χ3v) is 8.64. The van der Waals surface area contributed by atoms with E-state index in [1.165, 1.54) is 43.9 Å². The predicted octanol–water partition coefficient (Wildman–Crippen LogP) is 4.12. The van der Waals surface area contributed by atoms with Gasteiger partial charge in [-0.05, 0) is 67.7 Å². The van der Waals surface area contributed by atoms with E-state index in [-0.39, 0.29) is 11.8 Å². The first kappa shape index (κ1) is 23.5. The maximum Gasteiger partial charge on any atom is 0.264 e. The average Bonchev–Trinajstić information content (AvgIpc) is 2.87. The van der Waals surface area contributed by atoms with Crippen LogP contribution in [0.4, 0.5) is 5.69 Å². The zero-order valence-corrected chi connectivity index (χ0v) is 21.1. The maximum absolute atomic E-state index is 13.3. The summed E-state index contributed by atoms with van der Waals surface area (Å²) in [5.41, 5.74) is 2.33. The Balaban J connectivity index is 1.29. The summed E-state index contributed by atoms with van der Waals surface area (Å²) >= 11 is 7.54. The zero-order chi connectivity index (χ0) is 23.7. The van der Waals surface area contributed by atoms with Crippen molar-refractivity contribution in [2.75, 3.05) is 38.1 Å². The Labute approximate surface area is 210 Å². The summed E-state index contributed by atoms with van der Waals surface area (Å²) < 4.78 is 0. The van der Waals surface area contributed by atoms with Gasteiger partial charge in [0.05, 0.1) is 42.8 Å². The number of amides is 2. The molecule has 1 aliphatic carbocycles. The van der Waals surface area contributed by atoms with Crippen LogP contribution in [0.15, 0.2) is 52.3 Å². The fourth-order valence-electron chi connectivity index (χ4n) is 5.37. The van der Waals surface area contributed by atoms with Gasteiger partial charge in [0.25, 0.3) is 11.8 Å². The summed E-state index contributed by atoms with van der Waals surface area (Å²) in [7, 11) is 1.77. The van der Waals surface area contributed by atoms with Crippen molar-refractivity contribution in [2.45, 2.75) is 43.0 Å². The van der Waals surface area contributed by atoms with E-state index in [2.05, 4.69) is 0 Å². The van der Waals surface area contributed by atoms with Crippen LogP contribution in [0.2, 0.25) is 5.02 Å². The number of carbonyl (C=O) groups is 2. The third kappa shape index (κ3) is 4.90. The number of anilines is 1. The Morgan fingerprint density at radius 3 is 2.59 bits per heavy atom. The summed E-state index contributed by atoms with van der Waals surface area (Å²) in [5, 5.41) is 0.640. The van der Waals surface area contributed by atoms with Gasteiger partial charge in [0, 0.05) is 22.5 Å². The number of nitrogens with one attached hydrogen (secondary N) is 1. The normalized spacial score (nSPS) is 21.1. The van der Waals surface area contributed by atoms with Gasteiger partial charge in [0.2, 0.25) is 0 Å². The molecular formula is C27H31ClN3O2S+. The molecule has 2 aromatic carbocycles. The minimum Gasteiger partial charge on any atom is -0.330 e. The Bertz CT molecular complexity index is 1120. The molecule has 0 spiro atoms. The number of hydrogen-bond donors (Lipinski definition) is 1. The van der Waals surface area contributed by atoms with Crippen LogP contribution in [0.1, 0.15) is 48.0 Å². The van der Waals surface area contributed by atoms with E-state index in [9.17, 15) is 9.59 Å². The molecule has 0 atom stereocenters. The Hall–Kier alpha value is -2.28. The number of piperazine rings is 1. The van der Waals surface area contributed by atoms with E-state index < -0.39 is 0 Å². The topological polar surface area (TPSA) is 45.1 Å². The molecule has 2 heterocycles. The van der Waals surface area contributed by atoms with Gasteiger partial charge in [-0.25, -0.2) is 0 Å². The van der Waals surface area contributed by atoms with E-state index in [1.807, 2.05) is 53.4 Å². The van der Waals surface area contributed by atoms with Crippen molar-refractivity contribution < 1.29 is 14.5 Å². The van der Waals surface area contributed by atoms with Crippen LogP contribution < -0.4 is 9.80 Å². The standard InChI is InChI=1S/C27H30ClN3O2S/c1-29-23-18-20(26(32)31-14-12-30(13-15-31)22-8-3-2-4-9-22)10-11-24(23)34-25(27(29)33)17-19-6-5-7-21(28)16-19/h5-7,10-11,16-18,22H,2-4,8-9,12-15H2,1H3/p+1. The first-order valence-corrected chi connectivity index (χ1v) is 13.4. The summed E-state index contributed by atoms with van der Waals surface area (Å²) in [6, 6.07) is 14.0. The molecule has 5 nitrogen and oxygen atoms in total. The lowest BCUT2D eigenvalue weighted by atomic mass is 9.94. The lowest BCUT2D eigenvalue weighted by Gasteiger charge is -2.38. The number of benzene rings is 2. The van der Waals surface area contributed by atoms with Gasteiger partial charge in [-0.1, -0.05) is 41.9 Å². The molecule has 2 aromatic rings. The highest BCUT2D eigenvalue weighted by Gasteiger charge is 2.32. The summed E-state index contributed by atoms with van der Waals surface area (Å²) in [4.78, 5) is 33.2. The molecule has 5 rings (SSSR count). The second-order valence-electron chi connectivity index (χ2n) is 9.50. The predicted molar refractivity (Wildman–Crippen MR) is 139 cm³/mol. The highest BCUT2D eigenvalue weighted by Crippen LogP contribution is 2.42. The summed E-state index contributed by atoms with van der Waals surface area (Å²) in [6.45, 7) is 3.68. The summed E-state index contributed by atoms with van der Waals surface area (Å²) in [5.74, 6) is -0.0108. The highest BCUT2D eigenvalue weighted by atomic mass is 35.5. The number of likely N-dealkylation sites (N-methyl/N-ethyl adjacent to an activating group) is 1. The van der Waals surface area contributed by atoms with Crippen LogP contribution in [-0.2, 0) is 4.79 Å². The highest BCUT2D eigenvalue weighted by molar-refractivity contribution is 8.04. The molecule has 0 bridgehead atoms. The molecule has 3 aliphatic rings. The van der Waals surface area contributed by atoms with Gasteiger partial charge in [-0.3, -0.25) is 9.59 Å². The molecule has 7 heteroatoms. The third-order valence-electron chi connectivity index (χ3n) is 7.32. The number of quaternary nitrogens is 1.